The highest BCUT2D eigenvalue weighted by Crippen LogP contribution is 2.31. The highest BCUT2D eigenvalue weighted by Gasteiger charge is 2.21. The molecule has 1 aliphatic rings. The van der Waals surface area contributed by atoms with Gasteiger partial charge >= 0.3 is 0 Å². The largest absolute Gasteiger partial charge is 0.493 e. The van der Waals surface area contributed by atoms with E-state index in [4.69, 9.17) is 16.3 Å². The third-order valence-electron chi connectivity index (χ3n) is 3.68. The molecular formula is C18H15ClFNO2. The number of carbonyl (C=O) groups is 1. The smallest absolute Gasteiger partial charge is 0.244 e. The predicted octanol–water partition coefficient (Wildman–Crippen LogP) is 4.13. The lowest BCUT2D eigenvalue weighted by Crippen LogP contribution is -2.30. The van der Waals surface area contributed by atoms with Crippen molar-refractivity contribution < 1.29 is 13.9 Å². The van der Waals surface area contributed by atoms with E-state index in [-0.39, 0.29) is 22.5 Å². The molecule has 1 N–H and O–H groups in total. The molecule has 3 rings (SSSR count). The lowest BCUT2D eigenvalue weighted by atomic mass is 10.0. The fourth-order valence-electron chi connectivity index (χ4n) is 2.54. The molecule has 3 nitrogen and oxygen atoms in total. The number of fused-ring (bicyclic) bond motifs is 1. The fraction of sp³-hybridized carbons (Fsp3) is 0.167. The van der Waals surface area contributed by atoms with Crippen LogP contribution in [0.3, 0.4) is 0 Å². The van der Waals surface area contributed by atoms with Crippen LogP contribution in [0.1, 0.15) is 23.6 Å². The Morgan fingerprint density at radius 2 is 2.09 bits per heavy atom. The van der Waals surface area contributed by atoms with Crippen molar-refractivity contribution in [3.63, 3.8) is 0 Å². The van der Waals surface area contributed by atoms with Crippen LogP contribution in [0.2, 0.25) is 5.02 Å². The van der Waals surface area contributed by atoms with E-state index in [0.717, 1.165) is 11.3 Å². The summed E-state index contributed by atoms with van der Waals surface area (Å²) in [6.07, 6.45) is 3.37. The van der Waals surface area contributed by atoms with Crippen molar-refractivity contribution in [2.24, 2.45) is 0 Å². The van der Waals surface area contributed by atoms with Crippen LogP contribution < -0.4 is 10.1 Å². The molecule has 0 spiro atoms. The van der Waals surface area contributed by atoms with Crippen LogP contribution in [0.5, 0.6) is 5.75 Å². The summed E-state index contributed by atoms with van der Waals surface area (Å²) in [4.78, 5) is 12.1. The van der Waals surface area contributed by atoms with Gasteiger partial charge in [-0.05, 0) is 24.3 Å². The lowest BCUT2D eigenvalue weighted by molar-refractivity contribution is -0.117. The van der Waals surface area contributed by atoms with Gasteiger partial charge in [0.25, 0.3) is 0 Å². The van der Waals surface area contributed by atoms with E-state index < -0.39 is 5.82 Å². The molecule has 0 fully saturated rings. The number of para-hydroxylation sites is 1. The number of benzene rings is 2. The molecule has 0 aromatic heterocycles. The zero-order chi connectivity index (χ0) is 16.2. The number of carbonyl (C=O) groups excluding carboxylic acids is 1. The first-order valence-corrected chi connectivity index (χ1v) is 7.67. The average molecular weight is 332 g/mol. The van der Waals surface area contributed by atoms with E-state index in [1.807, 2.05) is 24.3 Å². The van der Waals surface area contributed by atoms with Gasteiger partial charge in [0.15, 0.2) is 0 Å². The van der Waals surface area contributed by atoms with Gasteiger partial charge in [0, 0.05) is 23.6 Å². The number of rotatable bonds is 3. The van der Waals surface area contributed by atoms with Crippen LogP contribution in [0.25, 0.3) is 6.08 Å². The van der Waals surface area contributed by atoms with Gasteiger partial charge in [-0.25, -0.2) is 4.39 Å². The van der Waals surface area contributed by atoms with Crippen molar-refractivity contribution in [1.29, 1.82) is 0 Å². The van der Waals surface area contributed by atoms with Crippen LogP contribution in [-0.4, -0.2) is 12.5 Å². The number of ether oxygens (including phenoxy) is 1. The van der Waals surface area contributed by atoms with Gasteiger partial charge in [0.05, 0.1) is 17.7 Å². The summed E-state index contributed by atoms with van der Waals surface area (Å²) in [5.41, 5.74) is 1.15. The second-order valence-corrected chi connectivity index (χ2v) is 5.61. The lowest BCUT2D eigenvalue weighted by Gasteiger charge is -2.26. The molecule has 1 aliphatic heterocycles. The molecule has 1 atom stereocenters. The molecule has 1 heterocycles. The maximum absolute atomic E-state index is 13.7. The van der Waals surface area contributed by atoms with Crippen molar-refractivity contribution in [1.82, 2.24) is 5.32 Å². The SMILES string of the molecule is O=C(/C=C/c1c(F)cccc1Cl)N[C@@H]1CCOc2ccccc21. The Kier molecular flexibility index (Phi) is 4.63. The first kappa shape index (κ1) is 15.6. The first-order chi connectivity index (χ1) is 11.1. The van der Waals surface area contributed by atoms with Crippen LogP contribution in [0.15, 0.2) is 48.5 Å². The number of nitrogens with one attached hydrogen (secondary N) is 1. The number of hydrogen-bond acceptors (Lipinski definition) is 2. The third-order valence-corrected chi connectivity index (χ3v) is 4.01. The van der Waals surface area contributed by atoms with Gasteiger partial charge in [-0.2, -0.15) is 0 Å². The van der Waals surface area contributed by atoms with Crippen molar-refractivity contribution in [3.05, 3.63) is 70.5 Å². The maximum Gasteiger partial charge on any atom is 0.244 e. The van der Waals surface area contributed by atoms with Crippen molar-refractivity contribution in [3.8, 4) is 5.75 Å². The van der Waals surface area contributed by atoms with Gasteiger partial charge in [-0.3, -0.25) is 4.79 Å². The second kappa shape index (κ2) is 6.84. The molecule has 0 unspecified atom stereocenters. The second-order valence-electron chi connectivity index (χ2n) is 5.20. The standard InChI is InChI=1S/C18H15ClFNO2/c19-14-5-3-6-15(20)12(14)8-9-18(22)21-16-10-11-23-17-7-2-1-4-13(16)17/h1-9,16H,10-11H2,(H,21,22)/b9-8+/t16-/m1/s1. The highest BCUT2D eigenvalue weighted by molar-refractivity contribution is 6.32. The van der Waals surface area contributed by atoms with Crippen LogP contribution in [-0.2, 0) is 4.79 Å². The molecule has 23 heavy (non-hydrogen) atoms. The van der Waals surface area contributed by atoms with Crippen molar-refractivity contribution in [2.75, 3.05) is 6.61 Å². The van der Waals surface area contributed by atoms with Gasteiger partial charge in [0.2, 0.25) is 5.91 Å². The van der Waals surface area contributed by atoms with E-state index >= 15 is 0 Å². The first-order valence-electron chi connectivity index (χ1n) is 7.29. The van der Waals surface area contributed by atoms with Gasteiger partial charge in [-0.1, -0.05) is 35.9 Å². The summed E-state index contributed by atoms with van der Waals surface area (Å²) >= 11 is 5.93. The number of halogens is 2. The summed E-state index contributed by atoms with van der Waals surface area (Å²) in [5.74, 6) is 0.0224. The molecule has 1 amide bonds. The van der Waals surface area contributed by atoms with E-state index in [9.17, 15) is 9.18 Å². The minimum absolute atomic E-state index is 0.117. The average Bonchev–Trinajstić information content (AvgIpc) is 2.55. The normalized spacial score (nSPS) is 16.7. The summed E-state index contributed by atoms with van der Waals surface area (Å²) in [6.45, 7) is 0.546. The van der Waals surface area contributed by atoms with E-state index in [1.54, 1.807) is 6.07 Å². The Hall–Kier alpha value is -2.33. The Morgan fingerprint density at radius 1 is 1.26 bits per heavy atom. The van der Waals surface area contributed by atoms with E-state index in [1.165, 1.54) is 24.3 Å². The molecule has 0 saturated carbocycles. The van der Waals surface area contributed by atoms with Gasteiger partial charge in [0.1, 0.15) is 11.6 Å². The molecular weight excluding hydrogens is 317 g/mol. The van der Waals surface area contributed by atoms with Crippen LogP contribution in [0.4, 0.5) is 4.39 Å². The Morgan fingerprint density at radius 3 is 2.91 bits per heavy atom. The summed E-state index contributed by atoms with van der Waals surface area (Å²) in [7, 11) is 0. The molecule has 0 aliphatic carbocycles. The maximum atomic E-state index is 13.7. The summed E-state index contributed by atoms with van der Waals surface area (Å²) in [5, 5.41) is 3.18. The summed E-state index contributed by atoms with van der Waals surface area (Å²) < 4.78 is 19.2. The number of amides is 1. The Balaban J connectivity index is 1.72. The molecule has 0 bridgehead atoms. The van der Waals surface area contributed by atoms with Crippen LogP contribution >= 0.6 is 11.6 Å². The zero-order valence-corrected chi connectivity index (χ0v) is 13.0. The number of hydrogen-bond donors (Lipinski definition) is 1. The minimum Gasteiger partial charge on any atom is -0.493 e. The quantitative estimate of drug-likeness (QED) is 0.859. The Labute approximate surface area is 138 Å². The Bertz CT molecular complexity index is 740. The molecule has 118 valence electrons. The minimum atomic E-state index is -0.460. The van der Waals surface area contributed by atoms with Crippen LogP contribution in [0, 0.1) is 5.82 Å². The molecule has 0 saturated heterocycles. The molecule has 2 aromatic carbocycles. The van der Waals surface area contributed by atoms with Crippen molar-refractivity contribution >= 4 is 23.6 Å². The van der Waals surface area contributed by atoms with Gasteiger partial charge < -0.3 is 10.1 Å². The summed E-state index contributed by atoms with van der Waals surface area (Å²) in [6, 6.07) is 11.9. The predicted molar refractivity (Wildman–Crippen MR) is 87.9 cm³/mol. The van der Waals surface area contributed by atoms with E-state index in [2.05, 4.69) is 5.32 Å². The monoisotopic (exact) mass is 331 g/mol. The molecule has 5 heteroatoms. The van der Waals surface area contributed by atoms with E-state index in [0.29, 0.717) is 13.0 Å². The fourth-order valence-corrected chi connectivity index (χ4v) is 2.77. The molecule has 2 aromatic rings. The topological polar surface area (TPSA) is 38.3 Å². The molecule has 0 radical (unpaired) electrons. The highest BCUT2D eigenvalue weighted by atomic mass is 35.5. The zero-order valence-electron chi connectivity index (χ0n) is 12.3. The van der Waals surface area contributed by atoms with Crippen molar-refractivity contribution in [2.45, 2.75) is 12.5 Å². The third kappa shape index (κ3) is 3.54. The van der Waals surface area contributed by atoms with Gasteiger partial charge in [-0.15, -0.1) is 0 Å².